The molecular weight excluding hydrogens is 342 g/mol. The summed E-state index contributed by atoms with van der Waals surface area (Å²) in [5.41, 5.74) is 1.62. The van der Waals surface area contributed by atoms with Gasteiger partial charge >= 0.3 is 6.03 Å². The fourth-order valence-electron chi connectivity index (χ4n) is 3.18. The normalized spacial score (nSPS) is 19.4. The molecule has 1 aliphatic heterocycles. The monoisotopic (exact) mass is 361 g/mol. The molecule has 1 N–H and O–H groups in total. The zero-order valence-electron chi connectivity index (χ0n) is 15.1. The Balaban J connectivity index is 1.56. The van der Waals surface area contributed by atoms with E-state index in [9.17, 15) is 9.59 Å². The van der Waals surface area contributed by atoms with Crippen molar-refractivity contribution in [2.24, 2.45) is 0 Å². The van der Waals surface area contributed by atoms with Crippen molar-refractivity contribution in [1.82, 2.24) is 15.2 Å². The molecule has 0 bridgehead atoms. The summed E-state index contributed by atoms with van der Waals surface area (Å²) in [6.45, 7) is 3.67. The maximum Gasteiger partial charge on any atom is 0.325 e. The molecule has 6 heteroatoms. The molecule has 0 aliphatic carbocycles. The van der Waals surface area contributed by atoms with E-state index in [4.69, 9.17) is 4.42 Å². The van der Waals surface area contributed by atoms with Crippen LogP contribution >= 0.6 is 0 Å². The first kappa shape index (κ1) is 17.0. The van der Waals surface area contributed by atoms with Crippen LogP contribution in [0, 0.1) is 6.92 Å². The van der Waals surface area contributed by atoms with Crippen LogP contribution in [0.25, 0.3) is 11.3 Å². The lowest BCUT2D eigenvalue weighted by molar-refractivity contribution is -0.131. The standard InChI is InChI=1S/C21H19N3O3/c1-14-8-10-16(11-9-14)21(2)19(25)24(20(26)23-21)13-18-22-12-17(27-18)15-6-4-3-5-7-15/h3-12H,13H2,1-2H3,(H,23,26). The SMILES string of the molecule is Cc1ccc(C2(C)NC(=O)N(Cc3ncc(-c4ccccc4)o3)C2=O)cc1. The third-order valence-corrected chi connectivity index (χ3v) is 4.81. The molecule has 1 aliphatic rings. The number of aromatic nitrogens is 1. The molecule has 0 saturated carbocycles. The average molecular weight is 361 g/mol. The van der Waals surface area contributed by atoms with Crippen LogP contribution in [0.5, 0.6) is 0 Å². The van der Waals surface area contributed by atoms with Crippen molar-refractivity contribution < 1.29 is 14.0 Å². The van der Waals surface area contributed by atoms with Gasteiger partial charge in [0.1, 0.15) is 12.1 Å². The highest BCUT2D eigenvalue weighted by Crippen LogP contribution is 2.30. The average Bonchev–Trinajstić information content (AvgIpc) is 3.22. The number of hydrogen-bond donors (Lipinski definition) is 1. The van der Waals surface area contributed by atoms with E-state index in [0.717, 1.165) is 21.6 Å². The highest BCUT2D eigenvalue weighted by atomic mass is 16.4. The smallest absolute Gasteiger partial charge is 0.325 e. The first-order valence-corrected chi connectivity index (χ1v) is 8.69. The number of carbonyl (C=O) groups is 2. The number of rotatable bonds is 4. The number of aryl methyl sites for hydroxylation is 1. The third-order valence-electron chi connectivity index (χ3n) is 4.81. The maximum atomic E-state index is 13.0. The quantitative estimate of drug-likeness (QED) is 0.720. The second-order valence-corrected chi connectivity index (χ2v) is 6.80. The largest absolute Gasteiger partial charge is 0.439 e. The van der Waals surface area contributed by atoms with E-state index in [1.807, 2.05) is 61.5 Å². The summed E-state index contributed by atoms with van der Waals surface area (Å²) in [5.74, 6) is 0.584. The highest BCUT2D eigenvalue weighted by molar-refractivity contribution is 6.07. The first-order valence-electron chi connectivity index (χ1n) is 8.69. The second-order valence-electron chi connectivity index (χ2n) is 6.80. The Morgan fingerprint density at radius 1 is 1.07 bits per heavy atom. The number of amides is 3. The van der Waals surface area contributed by atoms with Gasteiger partial charge in [-0.25, -0.2) is 9.78 Å². The van der Waals surface area contributed by atoms with Crippen molar-refractivity contribution in [1.29, 1.82) is 0 Å². The van der Waals surface area contributed by atoms with E-state index in [2.05, 4.69) is 10.3 Å². The Bertz CT molecular complexity index is 995. The molecule has 2 aromatic carbocycles. The van der Waals surface area contributed by atoms with Gasteiger partial charge in [0.05, 0.1) is 6.20 Å². The molecule has 1 unspecified atom stereocenters. The fourth-order valence-corrected chi connectivity index (χ4v) is 3.18. The van der Waals surface area contributed by atoms with Crippen LogP contribution in [0.4, 0.5) is 4.79 Å². The molecule has 1 fully saturated rings. The molecule has 0 radical (unpaired) electrons. The van der Waals surface area contributed by atoms with E-state index in [1.54, 1.807) is 13.1 Å². The van der Waals surface area contributed by atoms with Crippen molar-refractivity contribution in [2.45, 2.75) is 25.9 Å². The Kier molecular flexibility index (Phi) is 4.03. The summed E-state index contributed by atoms with van der Waals surface area (Å²) < 4.78 is 5.73. The topological polar surface area (TPSA) is 75.4 Å². The lowest BCUT2D eigenvalue weighted by atomic mass is 9.91. The number of hydrogen-bond acceptors (Lipinski definition) is 4. The lowest BCUT2D eigenvalue weighted by Gasteiger charge is -2.22. The number of imide groups is 1. The van der Waals surface area contributed by atoms with Crippen LogP contribution in [-0.2, 0) is 16.9 Å². The Hall–Kier alpha value is -3.41. The molecule has 2 heterocycles. The Labute approximate surface area is 156 Å². The van der Waals surface area contributed by atoms with E-state index in [-0.39, 0.29) is 12.5 Å². The van der Waals surface area contributed by atoms with Gasteiger partial charge in [0.15, 0.2) is 5.76 Å². The predicted octanol–water partition coefficient (Wildman–Crippen LogP) is 3.62. The van der Waals surface area contributed by atoms with Crippen LogP contribution < -0.4 is 5.32 Å². The fraction of sp³-hybridized carbons (Fsp3) is 0.190. The minimum absolute atomic E-state index is 0.0149. The number of nitrogens with zero attached hydrogens (tertiary/aromatic N) is 2. The van der Waals surface area contributed by atoms with Gasteiger partial charge in [0, 0.05) is 5.56 Å². The first-order chi connectivity index (χ1) is 13.0. The Morgan fingerprint density at radius 2 is 1.78 bits per heavy atom. The molecule has 136 valence electrons. The predicted molar refractivity (Wildman–Crippen MR) is 99.6 cm³/mol. The minimum atomic E-state index is -1.10. The zero-order valence-corrected chi connectivity index (χ0v) is 15.1. The van der Waals surface area contributed by atoms with Crippen molar-refractivity contribution in [3.63, 3.8) is 0 Å². The molecular formula is C21H19N3O3. The summed E-state index contributed by atoms with van der Waals surface area (Å²) in [5, 5.41) is 2.79. The molecule has 1 atom stereocenters. The molecule has 1 aromatic heterocycles. The van der Waals surface area contributed by atoms with E-state index in [0.29, 0.717) is 11.7 Å². The molecule has 6 nitrogen and oxygen atoms in total. The Morgan fingerprint density at radius 3 is 2.48 bits per heavy atom. The molecule has 27 heavy (non-hydrogen) atoms. The summed E-state index contributed by atoms with van der Waals surface area (Å²) in [4.78, 5) is 30.8. The van der Waals surface area contributed by atoms with Gasteiger partial charge in [-0.15, -0.1) is 0 Å². The van der Waals surface area contributed by atoms with Crippen LogP contribution in [-0.4, -0.2) is 21.8 Å². The van der Waals surface area contributed by atoms with Crippen LogP contribution in [0.2, 0.25) is 0 Å². The summed E-state index contributed by atoms with van der Waals surface area (Å²) >= 11 is 0. The van der Waals surface area contributed by atoms with E-state index >= 15 is 0 Å². The van der Waals surface area contributed by atoms with Gasteiger partial charge in [-0.05, 0) is 19.4 Å². The summed E-state index contributed by atoms with van der Waals surface area (Å²) in [6, 6.07) is 16.6. The van der Waals surface area contributed by atoms with Crippen LogP contribution in [0.1, 0.15) is 23.9 Å². The van der Waals surface area contributed by atoms with Crippen molar-refractivity contribution in [3.05, 3.63) is 77.8 Å². The van der Waals surface area contributed by atoms with Gasteiger partial charge in [0.25, 0.3) is 5.91 Å². The van der Waals surface area contributed by atoms with E-state index in [1.165, 1.54) is 0 Å². The van der Waals surface area contributed by atoms with Gasteiger partial charge in [0.2, 0.25) is 5.89 Å². The van der Waals surface area contributed by atoms with Crippen molar-refractivity contribution in [2.75, 3.05) is 0 Å². The second kappa shape index (κ2) is 6.39. The summed E-state index contributed by atoms with van der Waals surface area (Å²) in [6.07, 6.45) is 1.60. The highest BCUT2D eigenvalue weighted by Gasteiger charge is 2.49. The van der Waals surface area contributed by atoms with Crippen LogP contribution in [0.15, 0.2) is 65.2 Å². The minimum Gasteiger partial charge on any atom is -0.439 e. The number of benzene rings is 2. The maximum absolute atomic E-state index is 13.0. The molecule has 1 saturated heterocycles. The van der Waals surface area contributed by atoms with Gasteiger partial charge in [-0.1, -0.05) is 60.2 Å². The lowest BCUT2D eigenvalue weighted by Crippen LogP contribution is -2.40. The molecule has 3 amide bonds. The third kappa shape index (κ3) is 2.99. The molecule has 3 aromatic rings. The number of nitrogens with one attached hydrogen (secondary N) is 1. The van der Waals surface area contributed by atoms with Gasteiger partial charge in [-0.3, -0.25) is 9.69 Å². The number of oxazole rings is 1. The van der Waals surface area contributed by atoms with Crippen LogP contribution in [0.3, 0.4) is 0 Å². The molecule has 0 spiro atoms. The molecule has 4 rings (SSSR count). The van der Waals surface area contributed by atoms with Gasteiger partial charge in [-0.2, -0.15) is 0 Å². The zero-order chi connectivity index (χ0) is 19.0. The van der Waals surface area contributed by atoms with E-state index < -0.39 is 11.6 Å². The summed E-state index contributed by atoms with van der Waals surface area (Å²) in [7, 11) is 0. The van der Waals surface area contributed by atoms with Crippen molar-refractivity contribution >= 4 is 11.9 Å². The van der Waals surface area contributed by atoms with Crippen molar-refractivity contribution in [3.8, 4) is 11.3 Å². The number of carbonyl (C=O) groups excluding carboxylic acids is 2. The van der Waals surface area contributed by atoms with Gasteiger partial charge < -0.3 is 9.73 Å². The number of urea groups is 1.